The Morgan fingerprint density at radius 1 is 1.40 bits per heavy atom. The molecule has 0 amide bonds. The van der Waals surface area contributed by atoms with Crippen LogP contribution < -0.4 is 5.32 Å². The SMILES string of the molecule is CC[C@@H](C)NCCCN1CCC(O)CC1. The van der Waals surface area contributed by atoms with E-state index < -0.39 is 0 Å². The fraction of sp³-hybridized carbons (Fsp3) is 1.00. The molecule has 3 heteroatoms. The van der Waals surface area contributed by atoms with E-state index in [-0.39, 0.29) is 6.10 Å². The molecule has 0 radical (unpaired) electrons. The van der Waals surface area contributed by atoms with Crippen LogP contribution in [0.3, 0.4) is 0 Å². The first-order chi connectivity index (χ1) is 7.22. The summed E-state index contributed by atoms with van der Waals surface area (Å²) >= 11 is 0. The summed E-state index contributed by atoms with van der Waals surface area (Å²) in [5.74, 6) is 0. The zero-order valence-electron chi connectivity index (χ0n) is 10.2. The summed E-state index contributed by atoms with van der Waals surface area (Å²) in [6.45, 7) is 8.89. The Labute approximate surface area is 93.9 Å². The maximum Gasteiger partial charge on any atom is 0.0564 e. The van der Waals surface area contributed by atoms with Gasteiger partial charge in [0.05, 0.1) is 6.10 Å². The van der Waals surface area contributed by atoms with Crippen molar-refractivity contribution in [1.29, 1.82) is 0 Å². The summed E-state index contributed by atoms with van der Waals surface area (Å²) in [6, 6.07) is 0.646. The van der Waals surface area contributed by atoms with E-state index in [0.29, 0.717) is 6.04 Å². The Morgan fingerprint density at radius 3 is 2.67 bits per heavy atom. The van der Waals surface area contributed by atoms with E-state index in [1.807, 2.05) is 0 Å². The fourth-order valence-corrected chi connectivity index (χ4v) is 1.94. The Balaban J connectivity index is 1.96. The van der Waals surface area contributed by atoms with Gasteiger partial charge >= 0.3 is 0 Å². The van der Waals surface area contributed by atoms with Crippen molar-refractivity contribution >= 4 is 0 Å². The Bertz CT molecular complexity index is 156. The summed E-state index contributed by atoms with van der Waals surface area (Å²) in [6.07, 6.45) is 4.30. The summed E-state index contributed by atoms with van der Waals surface area (Å²) in [7, 11) is 0. The highest BCUT2D eigenvalue weighted by molar-refractivity contribution is 4.71. The average molecular weight is 214 g/mol. The Kier molecular flexibility index (Phi) is 6.22. The first-order valence-electron chi connectivity index (χ1n) is 6.36. The highest BCUT2D eigenvalue weighted by atomic mass is 16.3. The maximum absolute atomic E-state index is 9.36. The van der Waals surface area contributed by atoms with Crippen molar-refractivity contribution in [3.63, 3.8) is 0 Å². The van der Waals surface area contributed by atoms with Gasteiger partial charge in [-0.05, 0) is 45.7 Å². The monoisotopic (exact) mass is 214 g/mol. The predicted molar refractivity (Wildman–Crippen MR) is 64.1 cm³/mol. The van der Waals surface area contributed by atoms with Crippen molar-refractivity contribution in [1.82, 2.24) is 10.2 Å². The van der Waals surface area contributed by atoms with Gasteiger partial charge in [0.1, 0.15) is 0 Å². The predicted octanol–water partition coefficient (Wildman–Crippen LogP) is 1.22. The third kappa shape index (κ3) is 5.50. The van der Waals surface area contributed by atoms with Crippen molar-refractivity contribution in [3.8, 4) is 0 Å². The van der Waals surface area contributed by atoms with Crippen LogP contribution in [0, 0.1) is 0 Å². The normalized spacial score (nSPS) is 21.8. The molecule has 1 saturated heterocycles. The van der Waals surface area contributed by atoms with Gasteiger partial charge in [0.15, 0.2) is 0 Å². The van der Waals surface area contributed by atoms with Gasteiger partial charge in [-0.2, -0.15) is 0 Å². The van der Waals surface area contributed by atoms with Crippen LogP contribution >= 0.6 is 0 Å². The molecule has 1 rings (SSSR count). The lowest BCUT2D eigenvalue weighted by atomic mass is 10.1. The second kappa shape index (κ2) is 7.20. The van der Waals surface area contributed by atoms with E-state index in [0.717, 1.165) is 32.5 Å². The molecular formula is C12H26N2O. The van der Waals surface area contributed by atoms with E-state index in [1.54, 1.807) is 0 Å². The Hall–Kier alpha value is -0.120. The number of hydrogen-bond donors (Lipinski definition) is 2. The molecule has 0 aromatic rings. The van der Waals surface area contributed by atoms with E-state index in [2.05, 4.69) is 24.1 Å². The van der Waals surface area contributed by atoms with Crippen molar-refractivity contribution < 1.29 is 5.11 Å². The molecule has 0 spiro atoms. The largest absolute Gasteiger partial charge is 0.393 e. The quantitative estimate of drug-likeness (QED) is 0.653. The maximum atomic E-state index is 9.36. The van der Waals surface area contributed by atoms with Crippen LogP contribution in [0.15, 0.2) is 0 Å². The zero-order chi connectivity index (χ0) is 11.1. The van der Waals surface area contributed by atoms with Crippen LogP contribution in [-0.4, -0.2) is 48.3 Å². The highest BCUT2D eigenvalue weighted by Crippen LogP contribution is 2.09. The van der Waals surface area contributed by atoms with Gasteiger partial charge in [-0.1, -0.05) is 6.92 Å². The van der Waals surface area contributed by atoms with Gasteiger partial charge in [0.25, 0.3) is 0 Å². The molecule has 0 unspecified atom stereocenters. The van der Waals surface area contributed by atoms with E-state index in [1.165, 1.54) is 19.4 Å². The molecule has 0 aliphatic carbocycles. The molecule has 1 heterocycles. The lowest BCUT2D eigenvalue weighted by Crippen LogP contribution is -2.37. The minimum Gasteiger partial charge on any atom is -0.393 e. The lowest BCUT2D eigenvalue weighted by Gasteiger charge is -2.29. The molecule has 1 fully saturated rings. The molecule has 1 aliphatic heterocycles. The molecule has 0 aromatic heterocycles. The van der Waals surface area contributed by atoms with Gasteiger partial charge in [0, 0.05) is 19.1 Å². The minimum absolute atomic E-state index is 0.0421. The number of piperidine rings is 1. The van der Waals surface area contributed by atoms with Gasteiger partial charge < -0.3 is 15.3 Å². The molecule has 0 bridgehead atoms. The third-order valence-corrected chi connectivity index (χ3v) is 3.31. The van der Waals surface area contributed by atoms with Crippen molar-refractivity contribution in [2.24, 2.45) is 0 Å². The first-order valence-corrected chi connectivity index (χ1v) is 6.36. The van der Waals surface area contributed by atoms with E-state index in [9.17, 15) is 5.11 Å². The van der Waals surface area contributed by atoms with Crippen molar-refractivity contribution in [2.75, 3.05) is 26.2 Å². The lowest BCUT2D eigenvalue weighted by molar-refractivity contribution is 0.0820. The first kappa shape index (κ1) is 12.9. The van der Waals surface area contributed by atoms with Crippen LogP contribution in [-0.2, 0) is 0 Å². The van der Waals surface area contributed by atoms with Crippen molar-refractivity contribution in [3.05, 3.63) is 0 Å². The summed E-state index contributed by atoms with van der Waals surface area (Å²) in [4.78, 5) is 2.46. The van der Waals surface area contributed by atoms with Crippen LogP contribution in [0.1, 0.15) is 39.5 Å². The van der Waals surface area contributed by atoms with Crippen LogP contribution in [0.5, 0.6) is 0 Å². The topological polar surface area (TPSA) is 35.5 Å². The van der Waals surface area contributed by atoms with Gasteiger partial charge in [-0.3, -0.25) is 0 Å². The van der Waals surface area contributed by atoms with Crippen LogP contribution in [0.4, 0.5) is 0 Å². The zero-order valence-corrected chi connectivity index (χ0v) is 10.2. The molecule has 3 nitrogen and oxygen atoms in total. The summed E-state index contributed by atoms with van der Waals surface area (Å²) in [5.41, 5.74) is 0. The second-order valence-electron chi connectivity index (χ2n) is 4.69. The van der Waals surface area contributed by atoms with E-state index in [4.69, 9.17) is 0 Å². The third-order valence-electron chi connectivity index (χ3n) is 3.31. The minimum atomic E-state index is -0.0421. The number of aliphatic hydroxyl groups excluding tert-OH is 1. The molecule has 0 aromatic carbocycles. The molecular weight excluding hydrogens is 188 g/mol. The van der Waals surface area contributed by atoms with Crippen molar-refractivity contribution in [2.45, 2.75) is 51.7 Å². The molecule has 1 aliphatic rings. The summed E-state index contributed by atoms with van der Waals surface area (Å²) < 4.78 is 0. The number of nitrogens with zero attached hydrogens (tertiary/aromatic N) is 1. The number of nitrogens with one attached hydrogen (secondary N) is 1. The molecule has 15 heavy (non-hydrogen) atoms. The summed E-state index contributed by atoms with van der Waals surface area (Å²) in [5, 5.41) is 12.9. The van der Waals surface area contributed by atoms with Crippen LogP contribution in [0.25, 0.3) is 0 Å². The number of aliphatic hydroxyl groups is 1. The number of hydrogen-bond acceptors (Lipinski definition) is 3. The van der Waals surface area contributed by atoms with Gasteiger partial charge in [-0.25, -0.2) is 0 Å². The number of rotatable bonds is 6. The molecule has 1 atom stereocenters. The van der Waals surface area contributed by atoms with Gasteiger partial charge in [0.2, 0.25) is 0 Å². The van der Waals surface area contributed by atoms with Gasteiger partial charge in [-0.15, -0.1) is 0 Å². The average Bonchev–Trinajstić information content (AvgIpc) is 2.26. The highest BCUT2D eigenvalue weighted by Gasteiger charge is 2.15. The molecule has 90 valence electrons. The smallest absolute Gasteiger partial charge is 0.0564 e. The Morgan fingerprint density at radius 2 is 2.07 bits per heavy atom. The standard InChI is InChI=1S/C12H26N2O/c1-3-11(2)13-7-4-8-14-9-5-12(15)6-10-14/h11-13,15H,3-10H2,1-2H3/t11-/m1/s1. The fourth-order valence-electron chi connectivity index (χ4n) is 1.94. The second-order valence-corrected chi connectivity index (χ2v) is 4.69. The molecule has 2 N–H and O–H groups in total. The molecule has 0 saturated carbocycles. The van der Waals surface area contributed by atoms with Crippen LogP contribution in [0.2, 0.25) is 0 Å². The number of likely N-dealkylation sites (tertiary alicyclic amines) is 1. The van der Waals surface area contributed by atoms with E-state index >= 15 is 0 Å².